The Hall–Kier alpha value is -3.22. The number of aryl methyl sites for hydroxylation is 1. The van der Waals surface area contributed by atoms with Crippen LogP contribution in [0.15, 0.2) is 84.9 Å². The van der Waals surface area contributed by atoms with Gasteiger partial charge in [-0.2, -0.15) is 4.37 Å². The number of rotatable bonds is 7. The van der Waals surface area contributed by atoms with Crippen LogP contribution in [0, 0.1) is 6.92 Å². The maximum Gasteiger partial charge on any atom is 0.271 e. The van der Waals surface area contributed by atoms with Crippen molar-refractivity contribution in [2.24, 2.45) is 0 Å². The molecule has 0 saturated carbocycles. The third-order valence-corrected chi connectivity index (χ3v) is 6.65. The summed E-state index contributed by atoms with van der Waals surface area (Å²) < 4.78 is 15.0. The van der Waals surface area contributed by atoms with E-state index in [4.69, 9.17) is 4.74 Å². The van der Waals surface area contributed by atoms with E-state index in [1.807, 2.05) is 0 Å². The molecule has 0 atom stereocenters. The monoisotopic (exact) mass is 456 g/mol. The second-order valence-corrected chi connectivity index (χ2v) is 8.94. The lowest BCUT2D eigenvalue weighted by Crippen LogP contribution is -2.48. The van der Waals surface area contributed by atoms with Crippen molar-refractivity contribution in [1.29, 1.82) is 0 Å². The van der Waals surface area contributed by atoms with Crippen LogP contribution in [0.3, 0.4) is 0 Å². The minimum absolute atomic E-state index is 0.250. The highest BCUT2D eigenvalue weighted by molar-refractivity contribution is 6.99. The van der Waals surface area contributed by atoms with Crippen LogP contribution in [-0.2, 0) is 6.61 Å². The molecule has 0 unspecified atom stereocenters. The van der Waals surface area contributed by atoms with Crippen LogP contribution in [-0.4, -0.2) is 39.8 Å². The zero-order valence-electron chi connectivity index (χ0n) is 18.8. The van der Waals surface area contributed by atoms with Crippen LogP contribution in [0.5, 0.6) is 5.88 Å². The van der Waals surface area contributed by atoms with Crippen molar-refractivity contribution < 1.29 is 4.74 Å². The van der Waals surface area contributed by atoms with Crippen molar-refractivity contribution in [3.8, 4) is 5.88 Å². The first-order valence-corrected chi connectivity index (χ1v) is 12.1. The number of hydrogen-bond acceptors (Lipinski definition) is 6. The number of benzene rings is 3. The van der Waals surface area contributed by atoms with Gasteiger partial charge in [-0.25, -0.2) is 0 Å². The molecule has 0 aliphatic carbocycles. The van der Waals surface area contributed by atoms with Crippen molar-refractivity contribution in [3.05, 3.63) is 107 Å². The molecule has 2 heterocycles. The Kier molecular flexibility index (Phi) is 6.65. The fraction of sp³-hybridized carbons (Fsp3) is 0.259. The molecular weight excluding hydrogens is 428 g/mol. The van der Waals surface area contributed by atoms with Gasteiger partial charge in [0.1, 0.15) is 6.61 Å². The highest BCUT2D eigenvalue weighted by Crippen LogP contribution is 2.32. The number of piperazine rings is 1. The SMILES string of the molecule is Cc1ccc(COc2nsnc2N2CCN(C(c3ccccc3)c3ccccc3)CC2)cc1. The van der Waals surface area contributed by atoms with Gasteiger partial charge in [0, 0.05) is 26.2 Å². The van der Waals surface area contributed by atoms with Crippen molar-refractivity contribution in [3.63, 3.8) is 0 Å². The van der Waals surface area contributed by atoms with Crippen molar-refractivity contribution in [2.75, 3.05) is 31.1 Å². The van der Waals surface area contributed by atoms with E-state index in [0.717, 1.165) is 37.6 Å². The Labute approximate surface area is 199 Å². The lowest BCUT2D eigenvalue weighted by atomic mass is 9.96. The number of ether oxygens (including phenoxy) is 1. The molecule has 4 aromatic rings. The molecule has 0 amide bonds. The van der Waals surface area contributed by atoms with Crippen molar-refractivity contribution in [2.45, 2.75) is 19.6 Å². The predicted molar refractivity (Wildman–Crippen MR) is 134 cm³/mol. The van der Waals surface area contributed by atoms with Crippen molar-refractivity contribution >= 4 is 17.5 Å². The van der Waals surface area contributed by atoms with E-state index >= 15 is 0 Å². The zero-order valence-corrected chi connectivity index (χ0v) is 19.6. The third kappa shape index (κ3) is 5.07. The molecular formula is C27H28N4OS. The van der Waals surface area contributed by atoms with Gasteiger partial charge in [-0.15, -0.1) is 4.37 Å². The fourth-order valence-corrected chi connectivity index (χ4v) is 4.89. The van der Waals surface area contributed by atoms with E-state index < -0.39 is 0 Å². The van der Waals surface area contributed by atoms with E-state index in [1.54, 1.807) is 0 Å². The summed E-state index contributed by atoms with van der Waals surface area (Å²) in [5, 5.41) is 0. The van der Waals surface area contributed by atoms with E-state index in [-0.39, 0.29) is 6.04 Å². The Morgan fingerprint density at radius 1 is 0.788 bits per heavy atom. The van der Waals surface area contributed by atoms with E-state index in [1.165, 1.54) is 28.4 Å². The third-order valence-electron chi connectivity index (χ3n) is 6.15. The van der Waals surface area contributed by atoms with Crippen LogP contribution < -0.4 is 9.64 Å². The first-order valence-electron chi connectivity index (χ1n) is 11.4. The van der Waals surface area contributed by atoms with Gasteiger partial charge < -0.3 is 9.64 Å². The molecule has 1 aromatic heterocycles. The molecule has 0 bridgehead atoms. The van der Waals surface area contributed by atoms with Gasteiger partial charge >= 0.3 is 0 Å². The molecule has 1 fully saturated rings. The molecule has 168 valence electrons. The first kappa shape index (κ1) is 21.6. The summed E-state index contributed by atoms with van der Waals surface area (Å²) in [6, 6.07) is 30.2. The summed E-state index contributed by atoms with van der Waals surface area (Å²) in [7, 11) is 0. The lowest BCUT2D eigenvalue weighted by Gasteiger charge is -2.39. The van der Waals surface area contributed by atoms with Crippen LogP contribution >= 0.6 is 11.7 Å². The largest absolute Gasteiger partial charge is 0.470 e. The summed E-state index contributed by atoms with van der Waals surface area (Å²) >= 11 is 1.22. The van der Waals surface area contributed by atoms with Crippen LogP contribution in [0.1, 0.15) is 28.3 Å². The number of aromatic nitrogens is 2. The highest BCUT2D eigenvalue weighted by Gasteiger charge is 2.28. The van der Waals surface area contributed by atoms with E-state index in [9.17, 15) is 0 Å². The Morgan fingerprint density at radius 3 is 2.00 bits per heavy atom. The molecule has 5 rings (SSSR count). The molecule has 3 aromatic carbocycles. The average Bonchev–Trinajstić information content (AvgIpc) is 3.34. The lowest BCUT2D eigenvalue weighted by molar-refractivity contribution is 0.211. The minimum Gasteiger partial charge on any atom is -0.470 e. The Morgan fingerprint density at radius 2 is 1.39 bits per heavy atom. The maximum absolute atomic E-state index is 6.05. The number of anilines is 1. The number of hydrogen-bond donors (Lipinski definition) is 0. The molecule has 1 aliphatic heterocycles. The average molecular weight is 457 g/mol. The summed E-state index contributed by atoms with van der Waals surface area (Å²) in [4.78, 5) is 4.87. The van der Waals surface area contributed by atoms with Crippen LogP contribution in [0.25, 0.3) is 0 Å². The van der Waals surface area contributed by atoms with Gasteiger partial charge in [0.25, 0.3) is 5.88 Å². The topological polar surface area (TPSA) is 41.5 Å². The van der Waals surface area contributed by atoms with E-state index in [2.05, 4.69) is 110 Å². The second-order valence-electron chi connectivity index (χ2n) is 8.41. The second kappa shape index (κ2) is 10.1. The van der Waals surface area contributed by atoms with E-state index in [0.29, 0.717) is 12.5 Å². The minimum atomic E-state index is 0.250. The van der Waals surface area contributed by atoms with Crippen LogP contribution in [0.2, 0.25) is 0 Å². The quantitative estimate of drug-likeness (QED) is 0.376. The van der Waals surface area contributed by atoms with Gasteiger partial charge in [-0.1, -0.05) is 90.5 Å². The molecule has 33 heavy (non-hydrogen) atoms. The zero-order chi connectivity index (χ0) is 22.5. The maximum atomic E-state index is 6.05. The standard InChI is InChI=1S/C27H28N4OS/c1-21-12-14-22(15-13-21)20-32-27-26(28-33-29-27)31-18-16-30(17-19-31)25(23-8-4-2-5-9-23)24-10-6-3-7-11-24/h2-15,25H,16-20H2,1H3. The first-order chi connectivity index (χ1) is 16.3. The van der Waals surface area contributed by atoms with Gasteiger partial charge in [-0.3, -0.25) is 4.90 Å². The molecule has 5 nitrogen and oxygen atoms in total. The fourth-order valence-electron chi connectivity index (χ4n) is 4.37. The molecule has 0 radical (unpaired) electrons. The highest BCUT2D eigenvalue weighted by atomic mass is 32.1. The normalized spacial score (nSPS) is 14.5. The summed E-state index contributed by atoms with van der Waals surface area (Å²) in [5.74, 6) is 1.50. The Balaban J connectivity index is 1.27. The van der Waals surface area contributed by atoms with Gasteiger partial charge in [0.05, 0.1) is 17.8 Å². The molecule has 6 heteroatoms. The molecule has 1 saturated heterocycles. The molecule has 1 aliphatic rings. The van der Waals surface area contributed by atoms with Gasteiger partial charge in [0.2, 0.25) is 5.82 Å². The Bertz CT molecular complexity index is 1100. The predicted octanol–water partition coefficient (Wildman–Crippen LogP) is 5.34. The summed E-state index contributed by atoms with van der Waals surface area (Å²) in [6.07, 6.45) is 0. The smallest absolute Gasteiger partial charge is 0.271 e. The van der Waals surface area contributed by atoms with Crippen LogP contribution in [0.4, 0.5) is 5.82 Å². The van der Waals surface area contributed by atoms with Gasteiger partial charge in [-0.05, 0) is 23.6 Å². The summed E-state index contributed by atoms with van der Waals surface area (Å²) in [5.41, 5.74) is 5.04. The number of nitrogens with zero attached hydrogens (tertiary/aromatic N) is 4. The van der Waals surface area contributed by atoms with Crippen molar-refractivity contribution in [1.82, 2.24) is 13.6 Å². The molecule has 0 spiro atoms. The molecule has 0 N–H and O–H groups in total. The van der Waals surface area contributed by atoms with Gasteiger partial charge in [0.15, 0.2) is 0 Å². The summed E-state index contributed by atoms with van der Waals surface area (Å²) in [6.45, 7) is 6.27.